The van der Waals surface area contributed by atoms with Gasteiger partial charge in [-0.1, -0.05) is 28.1 Å². The molecular formula is C19H16BrFO4. The smallest absolute Gasteiger partial charge is 0.235 e. The molecule has 0 unspecified atom stereocenters. The second-order valence-electron chi connectivity index (χ2n) is 5.24. The molecule has 0 N–H and O–H groups in total. The number of para-hydroxylation sites is 1. The maximum Gasteiger partial charge on any atom is 0.235 e. The quantitative estimate of drug-likeness (QED) is 0.431. The lowest BCUT2D eigenvalue weighted by Gasteiger charge is -2.11. The summed E-state index contributed by atoms with van der Waals surface area (Å²) in [7, 11) is 0. The summed E-state index contributed by atoms with van der Waals surface area (Å²) in [5, 5.41) is 1.16. The van der Waals surface area contributed by atoms with Crippen LogP contribution >= 0.6 is 15.9 Å². The fourth-order valence-electron chi connectivity index (χ4n) is 2.41. The zero-order chi connectivity index (χ0) is 17.6. The molecule has 0 bridgehead atoms. The van der Waals surface area contributed by atoms with Gasteiger partial charge in [0.25, 0.3) is 0 Å². The molecule has 130 valence electrons. The largest absolute Gasteiger partial charge is 0.484 e. The molecule has 2 aromatic carbocycles. The molecule has 0 aliphatic heterocycles. The Morgan fingerprint density at radius 1 is 1.00 bits per heavy atom. The van der Waals surface area contributed by atoms with Crippen molar-refractivity contribution in [3.05, 3.63) is 64.6 Å². The first kappa shape index (κ1) is 17.6. The van der Waals surface area contributed by atoms with E-state index in [0.29, 0.717) is 29.7 Å². The lowest BCUT2D eigenvalue weighted by molar-refractivity contribution is 0.111. The highest BCUT2D eigenvalue weighted by Crippen LogP contribution is 2.30. The van der Waals surface area contributed by atoms with E-state index in [1.807, 2.05) is 0 Å². The first-order chi connectivity index (χ1) is 12.2. The van der Waals surface area contributed by atoms with Crippen LogP contribution in [0.1, 0.15) is 0 Å². The molecule has 0 aliphatic rings. The maximum atomic E-state index is 13.2. The molecule has 1 aromatic heterocycles. The fourth-order valence-corrected chi connectivity index (χ4v) is 2.64. The van der Waals surface area contributed by atoms with Crippen molar-refractivity contribution in [2.75, 3.05) is 25.2 Å². The Bertz CT molecular complexity index is 905. The number of ether oxygens (including phenoxy) is 2. The average molecular weight is 407 g/mol. The van der Waals surface area contributed by atoms with Crippen LogP contribution < -0.4 is 10.2 Å². The van der Waals surface area contributed by atoms with E-state index in [2.05, 4.69) is 15.9 Å². The van der Waals surface area contributed by atoms with Crippen molar-refractivity contribution in [2.24, 2.45) is 0 Å². The van der Waals surface area contributed by atoms with Gasteiger partial charge in [0.1, 0.15) is 18.0 Å². The zero-order valence-electron chi connectivity index (χ0n) is 13.3. The number of rotatable bonds is 7. The first-order valence-corrected chi connectivity index (χ1v) is 8.91. The summed E-state index contributed by atoms with van der Waals surface area (Å²) in [5.74, 6) is 0.0227. The molecule has 3 rings (SSSR count). The van der Waals surface area contributed by atoms with Crippen molar-refractivity contribution in [3.63, 3.8) is 0 Å². The van der Waals surface area contributed by atoms with Crippen LogP contribution in [-0.4, -0.2) is 25.2 Å². The lowest BCUT2D eigenvalue weighted by atomic mass is 10.1. The monoisotopic (exact) mass is 406 g/mol. The van der Waals surface area contributed by atoms with Gasteiger partial charge in [-0.25, -0.2) is 4.39 Å². The molecular weight excluding hydrogens is 391 g/mol. The fraction of sp³-hybridized carbons (Fsp3) is 0.211. The van der Waals surface area contributed by atoms with Gasteiger partial charge in [-0.15, -0.1) is 0 Å². The summed E-state index contributed by atoms with van der Waals surface area (Å²) in [5.41, 5.74) is 0.761. The van der Waals surface area contributed by atoms with E-state index in [9.17, 15) is 9.18 Å². The predicted octanol–water partition coefficient (Wildman–Crippen LogP) is 4.39. The third-order valence-corrected chi connectivity index (χ3v) is 3.88. The Hall–Kier alpha value is -2.18. The van der Waals surface area contributed by atoms with Gasteiger partial charge in [0.15, 0.2) is 5.76 Å². The molecule has 0 fully saturated rings. The molecule has 6 heteroatoms. The van der Waals surface area contributed by atoms with Crippen molar-refractivity contribution in [2.45, 2.75) is 0 Å². The third-order valence-electron chi connectivity index (χ3n) is 3.56. The maximum absolute atomic E-state index is 13.2. The summed E-state index contributed by atoms with van der Waals surface area (Å²) < 4.78 is 30.1. The highest BCUT2D eigenvalue weighted by atomic mass is 79.9. The molecule has 0 radical (unpaired) electrons. The second kappa shape index (κ2) is 8.27. The lowest BCUT2D eigenvalue weighted by Crippen LogP contribution is -2.14. The van der Waals surface area contributed by atoms with Crippen molar-refractivity contribution in [1.29, 1.82) is 0 Å². The van der Waals surface area contributed by atoms with Crippen LogP contribution in [0.5, 0.6) is 5.75 Å². The topological polar surface area (TPSA) is 48.7 Å². The molecule has 0 amide bonds. The van der Waals surface area contributed by atoms with Gasteiger partial charge in [0.2, 0.25) is 11.2 Å². The van der Waals surface area contributed by atoms with Crippen LogP contribution in [0.15, 0.2) is 57.7 Å². The van der Waals surface area contributed by atoms with E-state index in [1.54, 1.807) is 36.4 Å². The molecule has 0 saturated heterocycles. The van der Waals surface area contributed by atoms with Crippen molar-refractivity contribution < 1.29 is 18.3 Å². The van der Waals surface area contributed by atoms with Gasteiger partial charge >= 0.3 is 0 Å². The standard InChI is InChI=1S/C19H16BrFO4/c20-9-10-23-11-12-24-19-17(22)15-3-1-2-4-16(15)25-18(19)13-5-7-14(21)8-6-13/h1-8H,9-12H2. The molecule has 4 nitrogen and oxygen atoms in total. The molecule has 0 saturated carbocycles. The first-order valence-electron chi connectivity index (χ1n) is 7.79. The van der Waals surface area contributed by atoms with Crippen LogP contribution in [0.25, 0.3) is 22.3 Å². The van der Waals surface area contributed by atoms with E-state index in [1.165, 1.54) is 12.1 Å². The van der Waals surface area contributed by atoms with Gasteiger partial charge < -0.3 is 13.9 Å². The summed E-state index contributed by atoms with van der Waals surface area (Å²) in [4.78, 5) is 12.8. The molecule has 0 spiro atoms. The van der Waals surface area contributed by atoms with Crippen molar-refractivity contribution in [1.82, 2.24) is 0 Å². The van der Waals surface area contributed by atoms with Crippen LogP contribution in [0.2, 0.25) is 0 Å². The number of fused-ring (bicyclic) bond motifs is 1. The Kier molecular flexibility index (Phi) is 5.83. The minimum atomic E-state index is -0.363. The van der Waals surface area contributed by atoms with Gasteiger partial charge in [-0.3, -0.25) is 4.79 Å². The van der Waals surface area contributed by atoms with Crippen molar-refractivity contribution in [3.8, 4) is 17.1 Å². The van der Waals surface area contributed by atoms with E-state index < -0.39 is 0 Å². The number of halogens is 2. The third kappa shape index (κ3) is 4.08. The van der Waals surface area contributed by atoms with Gasteiger partial charge in [0, 0.05) is 10.9 Å². The minimum absolute atomic E-state index is 0.104. The Morgan fingerprint density at radius 2 is 1.76 bits per heavy atom. The SMILES string of the molecule is O=c1c(OCCOCCBr)c(-c2ccc(F)cc2)oc2ccccc12. The van der Waals surface area contributed by atoms with Gasteiger partial charge in [-0.2, -0.15) is 0 Å². The van der Waals surface area contributed by atoms with E-state index in [0.717, 1.165) is 5.33 Å². The zero-order valence-corrected chi connectivity index (χ0v) is 14.9. The van der Waals surface area contributed by atoms with Gasteiger partial charge in [0.05, 0.1) is 18.6 Å². The highest BCUT2D eigenvalue weighted by molar-refractivity contribution is 9.09. The number of hydrogen-bond donors (Lipinski definition) is 0. The Balaban J connectivity index is 2.01. The van der Waals surface area contributed by atoms with E-state index >= 15 is 0 Å². The molecule has 0 atom stereocenters. The number of alkyl halides is 1. The van der Waals surface area contributed by atoms with Crippen LogP contribution in [0, 0.1) is 5.82 Å². The summed E-state index contributed by atoms with van der Waals surface area (Å²) in [6.45, 7) is 1.12. The summed E-state index contributed by atoms with van der Waals surface area (Å²) >= 11 is 3.27. The predicted molar refractivity (Wildman–Crippen MR) is 98.0 cm³/mol. The molecule has 1 heterocycles. The number of benzene rings is 2. The average Bonchev–Trinajstić information content (AvgIpc) is 2.64. The van der Waals surface area contributed by atoms with Crippen molar-refractivity contribution >= 4 is 26.9 Å². The molecule has 25 heavy (non-hydrogen) atoms. The van der Waals surface area contributed by atoms with Gasteiger partial charge in [-0.05, 0) is 36.4 Å². The molecule has 3 aromatic rings. The Morgan fingerprint density at radius 3 is 2.52 bits per heavy atom. The van der Waals surface area contributed by atoms with Crippen LogP contribution in [-0.2, 0) is 4.74 Å². The number of hydrogen-bond acceptors (Lipinski definition) is 4. The van der Waals surface area contributed by atoms with Crippen LogP contribution in [0.3, 0.4) is 0 Å². The highest BCUT2D eigenvalue weighted by Gasteiger charge is 2.17. The summed E-state index contributed by atoms with van der Waals surface area (Å²) in [6.07, 6.45) is 0. The minimum Gasteiger partial charge on any atom is -0.484 e. The van der Waals surface area contributed by atoms with E-state index in [-0.39, 0.29) is 29.4 Å². The Labute approximate surface area is 152 Å². The molecule has 0 aliphatic carbocycles. The second-order valence-corrected chi connectivity index (χ2v) is 6.04. The van der Waals surface area contributed by atoms with E-state index in [4.69, 9.17) is 13.9 Å². The summed E-state index contributed by atoms with van der Waals surface area (Å²) in [6, 6.07) is 12.7. The van der Waals surface area contributed by atoms with Crippen LogP contribution in [0.4, 0.5) is 4.39 Å². The normalized spacial score (nSPS) is 11.0.